The van der Waals surface area contributed by atoms with Gasteiger partial charge in [0, 0.05) is 18.7 Å². The van der Waals surface area contributed by atoms with E-state index in [9.17, 15) is 22.8 Å². The van der Waals surface area contributed by atoms with E-state index in [-0.39, 0.29) is 40.5 Å². The summed E-state index contributed by atoms with van der Waals surface area (Å²) in [6.45, 7) is 8.51. The number of nitrogens with one attached hydrogen (secondary N) is 2. The van der Waals surface area contributed by atoms with Crippen molar-refractivity contribution in [2.45, 2.75) is 76.6 Å². The quantitative estimate of drug-likeness (QED) is 0.309. The number of amides is 1. The molecule has 0 radical (unpaired) electrons. The lowest BCUT2D eigenvalue weighted by Crippen LogP contribution is -2.41. The van der Waals surface area contributed by atoms with Crippen LogP contribution in [-0.4, -0.2) is 49.7 Å². The van der Waals surface area contributed by atoms with Crippen molar-refractivity contribution in [3.05, 3.63) is 68.3 Å². The number of anilines is 1. The van der Waals surface area contributed by atoms with Gasteiger partial charge in [0.15, 0.2) is 11.6 Å². The fourth-order valence-corrected chi connectivity index (χ4v) is 6.01. The molecule has 5 rings (SSSR count). The number of ether oxygens (including phenoxy) is 1. The number of aromatic nitrogens is 5. The number of benzene rings is 1. The Hall–Kier alpha value is -4.24. The van der Waals surface area contributed by atoms with Crippen LogP contribution < -0.4 is 21.3 Å². The second-order valence-corrected chi connectivity index (χ2v) is 13.5. The highest BCUT2D eigenvalue weighted by Crippen LogP contribution is 2.36. The molecule has 4 aromatic rings. The summed E-state index contributed by atoms with van der Waals surface area (Å²) in [4.78, 5) is 39.5. The highest BCUT2D eigenvalue weighted by Gasteiger charge is 2.41. The van der Waals surface area contributed by atoms with Gasteiger partial charge in [-0.25, -0.2) is 22.7 Å². The summed E-state index contributed by atoms with van der Waals surface area (Å²) in [7, 11) is -2.18. The van der Waals surface area contributed by atoms with Crippen LogP contribution in [0.5, 0.6) is 0 Å². The lowest BCUT2D eigenvalue weighted by atomic mass is 10.2. The predicted octanol–water partition coefficient (Wildman–Crippen LogP) is 2.47. The number of aryl methyl sites for hydroxylation is 2. The number of carbonyl (C=O) groups is 1. The molecule has 3 heterocycles. The molecule has 2 N–H and O–H groups in total. The molecule has 1 aliphatic carbocycles. The highest BCUT2D eigenvalue weighted by atomic mass is 32.2. The zero-order chi connectivity index (χ0) is 30.6. The van der Waals surface area contributed by atoms with Gasteiger partial charge in [0.1, 0.15) is 5.60 Å². The van der Waals surface area contributed by atoms with Crippen molar-refractivity contribution >= 4 is 32.8 Å². The Kier molecular flexibility index (Phi) is 7.13. The number of nitrogens with zero attached hydrogens (tertiary/aromatic N) is 5. The van der Waals surface area contributed by atoms with Gasteiger partial charge in [-0.2, -0.15) is 5.10 Å². The van der Waals surface area contributed by atoms with Crippen LogP contribution in [0.2, 0.25) is 0 Å². The van der Waals surface area contributed by atoms with Crippen molar-refractivity contribution in [2.75, 3.05) is 5.32 Å². The second-order valence-electron chi connectivity index (χ2n) is 11.8. The third-order valence-corrected chi connectivity index (χ3v) is 8.44. The molecule has 1 fully saturated rings. The molecule has 0 aliphatic heterocycles. The number of hydrogen-bond acceptors (Lipinski definition) is 9. The van der Waals surface area contributed by atoms with Gasteiger partial charge in [-0.3, -0.25) is 23.9 Å². The fourth-order valence-electron chi connectivity index (χ4n) is 4.52. The summed E-state index contributed by atoms with van der Waals surface area (Å²) < 4.78 is 43.4. The van der Waals surface area contributed by atoms with Crippen LogP contribution in [0.3, 0.4) is 0 Å². The third-order valence-electron chi connectivity index (χ3n) is 6.81. The van der Waals surface area contributed by atoms with Crippen molar-refractivity contribution < 1.29 is 22.5 Å². The van der Waals surface area contributed by atoms with E-state index < -0.39 is 38.5 Å². The Morgan fingerprint density at radius 3 is 2.45 bits per heavy atom. The monoisotopic (exact) mass is 599 g/mol. The fraction of sp³-hybridized carbons (Fsp3) is 0.444. The molecule has 224 valence electrons. The summed E-state index contributed by atoms with van der Waals surface area (Å²) in [5.74, 6) is 0.140. The highest BCUT2D eigenvalue weighted by molar-refractivity contribution is 7.89. The molecule has 0 bridgehead atoms. The van der Waals surface area contributed by atoms with Crippen LogP contribution in [0.1, 0.15) is 57.7 Å². The van der Waals surface area contributed by atoms with Crippen LogP contribution in [0.4, 0.5) is 10.6 Å². The Morgan fingerprint density at radius 1 is 1.12 bits per heavy atom. The standard InChI is InChI=1S/C27H33N7O7S/c1-16-11-17(32(6)29-16)14-33-21-8-7-19(42(38,39)31-27(5)9-10-27)13-20(21)23(35)34(25(33)37)15-18-12-22(30-41-18)28-24(36)40-26(2,3)4/h7-8,11-13,31H,9-10,14-15H2,1-6H3,(H,28,30,36). The molecule has 1 aliphatic rings. The Labute approximate surface area is 241 Å². The number of sulfonamides is 1. The molecular formula is C27H33N7O7S. The van der Waals surface area contributed by atoms with Gasteiger partial charge in [-0.1, -0.05) is 5.16 Å². The van der Waals surface area contributed by atoms with Gasteiger partial charge in [0.2, 0.25) is 10.0 Å². The molecule has 1 saturated carbocycles. The van der Waals surface area contributed by atoms with E-state index in [1.807, 2.05) is 19.9 Å². The largest absolute Gasteiger partial charge is 0.444 e. The van der Waals surface area contributed by atoms with Crippen molar-refractivity contribution in [1.82, 2.24) is 28.8 Å². The van der Waals surface area contributed by atoms with Gasteiger partial charge >= 0.3 is 11.8 Å². The summed E-state index contributed by atoms with van der Waals surface area (Å²) in [6.07, 6.45) is 0.692. The number of fused-ring (bicyclic) bond motifs is 1. The van der Waals surface area contributed by atoms with Crippen molar-refractivity contribution in [2.24, 2.45) is 7.05 Å². The minimum Gasteiger partial charge on any atom is -0.444 e. The maximum absolute atomic E-state index is 13.8. The van der Waals surface area contributed by atoms with Crippen molar-refractivity contribution in [3.8, 4) is 0 Å². The van der Waals surface area contributed by atoms with E-state index in [0.717, 1.165) is 23.1 Å². The zero-order valence-electron chi connectivity index (χ0n) is 24.2. The van der Waals surface area contributed by atoms with Gasteiger partial charge < -0.3 is 9.26 Å². The Bertz CT molecular complexity index is 1920. The molecule has 42 heavy (non-hydrogen) atoms. The van der Waals surface area contributed by atoms with Crippen LogP contribution in [0.15, 0.2) is 49.3 Å². The molecule has 0 unspecified atom stereocenters. The molecule has 3 aromatic heterocycles. The molecule has 15 heteroatoms. The van der Waals surface area contributed by atoms with Crippen LogP contribution in [0, 0.1) is 6.92 Å². The predicted molar refractivity (Wildman–Crippen MR) is 153 cm³/mol. The normalized spacial score (nSPS) is 14.7. The molecular weight excluding hydrogens is 566 g/mol. The zero-order valence-corrected chi connectivity index (χ0v) is 25.0. The first-order valence-electron chi connectivity index (χ1n) is 13.3. The maximum Gasteiger partial charge on any atom is 0.413 e. The topological polar surface area (TPSA) is 172 Å². The average Bonchev–Trinajstić information content (AvgIpc) is 3.26. The van der Waals surface area contributed by atoms with Gasteiger partial charge in [0.25, 0.3) is 5.56 Å². The first kappa shape index (κ1) is 29.3. The molecule has 1 aromatic carbocycles. The van der Waals surface area contributed by atoms with E-state index >= 15 is 0 Å². The van der Waals surface area contributed by atoms with Gasteiger partial charge in [-0.05, 0) is 71.7 Å². The average molecular weight is 600 g/mol. The summed E-state index contributed by atoms with van der Waals surface area (Å²) in [5, 5.41) is 10.6. The number of carbonyl (C=O) groups excluding carboxylic acids is 1. The molecule has 1 amide bonds. The SMILES string of the molecule is Cc1cc(Cn2c(=O)n(Cc3cc(NC(=O)OC(C)(C)C)no3)c(=O)c3cc(S(=O)(=O)NC4(C)CC4)ccc32)n(C)n1. The van der Waals surface area contributed by atoms with Crippen LogP contribution in [0.25, 0.3) is 10.9 Å². The summed E-state index contributed by atoms with van der Waals surface area (Å²) >= 11 is 0. The molecule has 0 saturated heterocycles. The number of hydrogen-bond donors (Lipinski definition) is 2. The smallest absolute Gasteiger partial charge is 0.413 e. The second kappa shape index (κ2) is 10.2. The Balaban J connectivity index is 1.57. The van der Waals surface area contributed by atoms with Crippen molar-refractivity contribution in [1.29, 1.82) is 0 Å². The first-order chi connectivity index (χ1) is 19.5. The third kappa shape index (κ3) is 6.16. The van der Waals surface area contributed by atoms with Crippen molar-refractivity contribution in [3.63, 3.8) is 0 Å². The Morgan fingerprint density at radius 2 is 1.83 bits per heavy atom. The van der Waals surface area contributed by atoms with E-state index in [1.54, 1.807) is 32.5 Å². The minimum atomic E-state index is -3.92. The van der Waals surface area contributed by atoms with Gasteiger partial charge in [-0.15, -0.1) is 0 Å². The first-order valence-corrected chi connectivity index (χ1v) is 14.8. The van der Waals surface area contributed by atoms with E-state index in [0.29, 0.717) is 5.69 Å². The van der Waals surface area contributed by atoms with E-state index in [4.69, 9.17) is 9.26 Å². The molecule has 14 nitrogen and oxygen atoms in total. The van der Waals surface area contributed by atoms with E-state index in [1.165, 1.54) is 28.8 Å². The molecule has 0 spiro atoms. The van der Waals surface area contributed by atoms with Gasteiger partial charge in [0.05, 0.1) is 40.3 Å². The van der Waals surface area contributed by atoms with E-state index in [2.05, 4.69) is 20.3 Å². The lowest BCUT2D eigenvalue weighted by molar-refractivity contribution is 0.0634. The number of rotatable bonds is 8. The van der Waals surface area contributed by atoms with Crippen LogP contribution in [-0.2, 0) is 34.9 Å². The molecule has 0 atom stereocenters. The summed E-state index contributed by atoms with van der Waals surface area (Å²) in [5.41, 5.74) is -0.889. The lowest BCUT2D eigenvalue weighted by Gasteiger charge is -2.18. The maximum atomic E-state index is 13.8. The summed E-state index contributed by atoms with van der Waals surface area (Å²) in [6, 6.07) is 7.32. The minimum absolute atomic E-state index is 0.0314. The van der Waals surface area contributed by atoms with Crippen LogP contribution >= 0.6 is 0 Å².